The minimum atomic E-state index is -0.849. The Balaban J connectivity index is 1.93. The molecule has 0 aliphatic carbocycles. The molecule has 0 unspecified atom stereocenters. The molecule has 0 amide bonds. The van der Waals surface area contributed by atoms with E-state index < -0.39 is 11.6 Å². The summed E-state index contributed by atoms with van der Waals surface area (Å²) in [4.78, 5) is 4.04. The van der Waals surface area contributed by atoms with E-state index in [-0.39, 0.29) is 11.1 Å². The number of aromatic nitrogens is 2. The number of hydrogen-bond acceptors (Lipinski definition) is 5. The van der Waals surface area contributed by atoms with E-state index in [1.165, 1.54) is 23.1 Å². The molecule has 0 aliphatic rings. The van der Waals surface area contributed by atoms with Gasteiger partial charge in [0.2, 0.25) is 0 Å². The largest absolute Gasteiger partial charge is 0.203 e. The molecule has 0 saturated heterocycles. The van der Waals surface area contributed by atoms with Crippen LogP contribution in [0.3, 0.4) is 0 Å². The second kappa shape index (κ2) is 5.43. The highest BCUT2D eigenvalue weighted by atomic mass is 32.1. The van der Waals surface area contributed by atoms with Crippen LogP contribution in [-0.2, 0) is 0 Å². The molecule has 0 radical (unpaired) electrons. The second-order valence-corrected chi connectivity index (χ2v) is 8.06. The lowest BCUT2D eigenvalue weighted by Crippen LogP contribution is -1.95. The number of fused-ring (bicyclic) bond motifs is 1. The van der Waals surface area contributed by atoms with Crippen molar-refractivity contribution in [1.29, 1.82) is 0 Å². The quantitative estimate of drug-likeness (QED) is 0.433. The fourth-order valence-electron chi connectivity index (χ4n) is 2.48. The van der Waals surface area contributed by atoms with Crippen molar-refractivity contribution in [2.75, 3.05) is 0 Å². The van der Waals surface area contributed by atoms with Gasteiger partial charge in [0.15, 0.2) is 11.6 Å². The zero-order valence-electron chi connectivity index (χ0n) is 12.2. The fraction of sp³-hybridized carbons (Fsp3) is 0.125. The topological polar surface area (TPSA) is 25.8 Å². The molecule has 3 aromatic heterocycles. The van der Waals surface area contributed by atoms with Gasteiger partial charge in [-0.25, -0.2) is 8.78 Å². The Hall–Kier alpha value is -1.70. The van der Waals surface area contributed by atoms with Crippen LogP contribution in [0.2, 0.25) is 0 Å². The second-order valence-electron chi connectivity index (χ2n) is 5.16. The van der Waals surface area contributed by atoms with Crippen LogP contribution >= 0.6 is 34.4 Å². The first-order valence-electron chi connectivity index (χ1n) is 6.83. The van der Waals surface area contributed by atoms with Crippen molar-refractivity contribution in [3.63, 3.8) is 0 Å². The molecule has 0 aliphatic heterocycles. The van der Waals surface area contributed by atoms with E-state index in [2.05, 4.69) is 8.75 Å². The van der Waals surface area contributed by atoms with Gasteiger partial charge in [0.25, 0.3) is 0 Å². The van der Waals surface area contributed by atoms with Crippen molar-refractivity contribution >= 4 is 45.4 Å². The highest BCUT2D eigenvalue weighted by Crippen LogP contribution is 2.41. The van der Waals surface area contributed by atoms with Crippen LogP contribution in [0.1, 0.15) is 10.4 Å². The predicted molar refractivity (Wildman–Crippen MR) is 93.4 cm³/mol. The van der Waals surface area contributed by atoms with E-state index in [9.17, 15) is 8.78 Å². The summed E-state index contributed by atoms with van der Waals surface area (Å²) in [5, 5.41) is 0. The SMILES string of the molecule is Cc1ccc(-c2ccc(-c3c(F)c(F)c(C)c4nsnc34)s2)s1. The Morgan fingerprint density at radius 1 is 0.783 bits per heavy atom. The van der Waals surface area contributed by atoms with Crippen molar-refractivity contribution in [2.24, 2.45) is 0 Å². The lowest BCUT2D eigenvalue weighted by molar-refractivity contribution is 0.508. The van der Waals surface area contributed by atoms with Gasteiger partial charge in [-0.05, 0) is 38.1 Å². The molecule has 116 valence electrons. The Morgan fingerprint density at radius 2 is 1.43 bits per heavy atom. The van der Waals surface area contributed by atoms with Gasteiger partial charge in [-0.3, -0.25) is 0 Å². The van der Waals surface area contributed by atoms with Crippen LogP contribution in [0, 0.1) is 25.5 Å². The molecular formula is C16H10F2N2S3. The van der Waals surface area contributed by atoms with E-state index in [0.29, 0.717) is 15.9 Å². The molecule has 23 heavy (non-hydrogen) atoms. The molecule has 0 bridgehead atoms. The summed E-state index contributed by atoms with van der Waals surface area (Å²) in [7, 11) is 0. The summed E-state index contributed by atoms with van der Waals surface area (Å²) >= 11 is 4.09. The first-order valence-corrected chi connectivity index (χ1v) is 9.19. The van der Waals surface area contributed by atoms with Gasteiger partial charge < -0.3 is 0 Å². The average Bonchev–Trinajstić information content (AvgIpc) is 3.25. The van der Waals surface area contributed by atoms with Crippen LogP contribution < -0.4 is 0 Å². The number of nitrogens with zero attached hydrogens (tertiary/aromatic N) is 2. The molecule has 3 heterocycles. The highest BCUT2D eigenvalue weighted by molar-refractivity contribution is 7.23. The maximum atomic E-state index is 14.5. The number of benzene rings is 1. The van der Waals surface area contributed by atoms with Gasteiger partial charge in [0.1, 0.15) is 11.0 Å². The third-order valence-corrected chi connectivity index (χ3v) is 6.49. The Morgan fingerprint density at radius 3 is 2.17 bits per heavy atom. The van der Waals surface area contributed by atoms with E-state index in [0.717, 1.165) is 21.5 Å². The summed E-state index contributed by atoms with van der Waals surface area (Å²) in [6.07, 6.45) is 0. The maximum Gasteiger partial charge on any atom is 0.170 e. The third-order valence-electron chi connectivity index (χ3n) is 3.66. The predicted octanol–water partition coefficient (Wildman–Crippen LogP) is 6.04. The molecule has 7 heteroatoms. The monoisotopic (exact) mass is 364 g/mol. The zero-order valence-corrected chi connectivity index (χ0v) is 14.6. The van der Waals surface area contributed by atoms with Crippen molar-refractivity contribution in [3.05, 3.63) is 46.3 Å². The molecule has 1 aromatic carbocycles. The molecule has 4 aromatic rings. The lowest BCUT2D eigenvalue weighted by Gasteiger charge is -2.05. The summed E-state index contributed by atoms with van der Waals surface area (Å²) < 4.78 is 37.0. The number of aryl methyl sites for hydroxylation is 2. The molecule has 2 nitrogen and oxygen atoms in total. The van der Waals surface area contributed by atoms with Crippen molar-refractivity contribution in [3.8, 4) is 20.2 Å². The fourth-order valence-corrected chi connectivity index (χ4v) is 5.09. The van der Waals surface area contributed by atoms with E-state index in [1.807, 2.05) is 31.2 Å². The van der Waals surface area contributed by atoms with Crippen LogP contribution in [0.4, 0.5) is 8.78 Å². The Bertz CT molecular complexity index is 1030. The number of halogens is 2. The van der Waals surface area contributed by atoms with Crippen LogP contribution in [0.15, 0.2) is 24.3 Å². The standard InChI is InChI=1S/C16H10F2N2S3/c1-7-3-4-9(21-7)10-5-6-11(22-10)12-14(18)13(17)8(2)15-16(12)20-23-19-15/h3-6H,1-2H3. The molecule has 0 atom stereocenters. The van der Waals surface area contributed by atoms with E-state index in [1.54, 1.807) is 11.3 Å². The number of hydrogen-bond donors (Lipinski definition) is 0. The summed E-state index contributed by atoms with van der Waals surface area (Å²) in [5.41, 5.74) is 1.29. The summed E-state index contributed by atoms with van der Waals surface area (Å²) in [5.74, 6) is -1.69. The molecule has 0 saturated carbocycles. The Kier molecular flexibility index (Phi) is 3.51. The van der Waals surface area contributed by atoms with E-state index in [4.69, 9.17) is 0 Å². The molecular weight excluding hydrogens is 354 g/mol. The number of rotatable bonds is 2. The molecule has 0 N–H and O–H groups in total. The maximum absolute atomic E-state index is 14.5. The van der Waals surface area contributed by atoms with Gasteiger partial charge in [-0.2, -0.15) is 8.75 Å². The first-order chi connectivity index (χ1) is 11.1. The number of thiophene rings is 2. The van der Waals surface area contributed by atoms with Crippen LogP contribution in [0.5, 0.6) is 0 Å². The molecule has 0 spiro atoms. The van der Waals surface area contributed by atoms with Crippen LogP contribution in [0.25, 0.3) is 31.2 Å². The average molecular weight is 364 g/mol. The first kappa shape index (κ1) is 14.9. The smallest absolute Gasteiger partial charge is 0.170 e. The van der Waals surface area contributed by atoms with Crippen molar-refractivity contribution in [2.45, 2.75) is 13.8 Å². The summed E-state index contributed by atoms with van der Waals surface area (Å²) in [6.45, 7) is 3.57. The molecule has 0 fully saturated rings. The van der Waals surface area contributed by atoms with Gasteiger partial charge in [-0.15, -0.1) is 22.7 Å². The lowest BCUT2D eigenvalue weighted by atomic mass is 10.1. The van der Waals surface area contributed by atoms with Crippen molar-refractivity contribution in [1.82, 2.24) is 8.75 Å². The van der Waals surface area contributed by atoms with Gasteiger partial charge in [0, 0.05) is 25.1 Å². The molecule has 4 rings (SSSR count). The van der Waals surface area contributed by atoms with E-state index >= 15 is 0 Å². The van der Waals surface area contributed by atoms with Crippen LogP contribution in [-0.4, -0.2) is 8.75 Å². The minimum Gasteiger partial charge on any atom is -0.203 e. The minimum absolute atomic E-state index is 0.209. The van der Waals surface area contributed by atoms with Gasteiger partial charge >= 0.3 is 0 Å². The van der Waals surface area contributed by atoms with Gasteiger partial charge in [-0.1, -0.05) is 0 Å². The zero-order chi connectivity index (χ0) is 16.1. The Labute approximate surface area is 143 Å². The van der Waals surface area contributed by atoms with Crippen molar-refractivity contribution < 1.29 is 8.78 Å². The van der Waals surface area contributed by atoms with Gasteiger partial charge in [0.05, 0.1) is 17.3 Å². The highest BCUT2D eigenvalue weighted by Gasteiger charge is 2.23. The summed E-state index contributed by atoms with van der Waals surface area (Å²) in [6, 6.07) is 7.85. The normalized spacial score (nSPS) is 11.5. The third kappa shape index (κ3) is 2.31.